The zero-order chi connectivity index (χ0) is 20.5. The summed E-state index contributed by atoms with van der Waals surface area (Å²) < 4.78 is 48.6. The lowest BCUT2D eigenvalue weighted by Crippen LogP contribution is -2.10. The van der Waals surface area contributed by atoms with Gasteiger partial charge in [-0.3, -0.25) is 4.79 Å². The van der Waals surface area contributed by atoms with E-state index >= 15 is 0 Å². The number of esters is 1. The molecular formula is C21H20ClF3O3. The third kappa shape index (κ3) is 4.61. The Morgan fingerprint density at radius 3 is 2.57 bits per heavy atom. The molecule has 28 heavy (non-hydrogen) atoms. The Balaban J connectivity index is 1.56. The standard InChI is InChI=1S/C21H20ClF3O3/c1-20(2)16(10-17(22)21(23,24)25)18(20)19(26)28-12-14-9-15(27-11-14)8-13-6-4-3-5-7-13/h3-7,9-11,16,18H,8,12H2,1-2H3/t16-,18-/m0/s1. The van der Waals surface area contributed by atoms with Gasteiger partial charge in [-0.05, 0) is 23.0 Å². The number of allylic oxidation sites excluding steroid dienone is 2. The zero-order valence-corrected chi connectivity index (χ0v) is 16.2. The second-order valence-corrected chi connectivity index (χ2v) is 7.94. The maximum absolute atomic E-state index is 12.6. The molecule has 1 aromatic carbocycles. The van der Waals surface area contributed by atoms with Crippen LogP contribution >= 0.6 is 11.6 Å². The van der Waals surface area contributed by atoms with Crippen LogP contribution in [0.3, 0.4) is 0 Å². The molecule has 1 aliphatic carbocycles. The van der Waals surface area contributed by atoms with Crippen molar-refractivity contribution in [2.45, 2.75) is 33.1 Å². The number of furan rings is 1. The fourth-order valence-corrected chi connectivity index (χ4v) is 3.46. The molecule has 3 nitrogen and oxygen atoms in total. The summed E-state index contributed by atoms with van der Waals surface area (Å²) in [4.78, 5) is 12.3. The number of alkyl halides is 3. The molecule has 1 aromatic heterocycles. The van der Waals surface area contributed by atoms with Crippen molar-refractivity contribution in [3.8, 4) is 0 Å². The van der Waals surface area contributed by atoms with Gasteiger partial charge in [-0.2, -0.15) is 13.2 Å². The number of carbonyl (C=O) groups excluding carboxylic acids is 1. The van der Waals surface area contributed by atoms with Gasteiger partial charge in [0, 0.05) is 12.0 Å². The van der Waals surface area contributed by atoms with Crippen LogP contribution < -0.4 is 0 Å². The lowest BCUT2D eigenvalue weighted by atomic mass is 10.1. The number of rotatable bonds is 6. The van der Waals surface area contributed by atoms with Gasteiger partial charge in [-0.15, -0.1) is 0 Å². The molecular weight excluding hydrogens is 393 g/mol. The van der Waals surface area contributed by atoms with E-state index in [0.717, 1.165) is 17.4 Å². The van der Waals surface area contributed by atoms with Crippen LogP contribution in [0.15, 0.2) is 58.2 Å². The molecule has 1 aliphatic rings. The van der Waals surface area contributed by atoms with Crippen LogP contribution in [0.5, 0.6) is 0 Å². The smallest absolute Gasteiger partial charge is 0.426 e. The molecule has 0 N–H and O–H groups in total. The number of hydrogen-bond acceptors (Lipinski definition) is 3. The van der Waals surface area contributed by atoms with Gasteiger partial charge in [0.1, 0.15) is 17.4 Å². The van der Waals surface area contributed by atoms with Gasteiger partial charge in [-0.25, -0.2) is 0 Å². The maximum atomic E-state index is 12.6. The second-order valence-electron chi connectivity index (χ2n) is 7.53. The summed E-state index contributed by atoms with van der Waals surface area (Å²) in [6, 6.07) is 11.6. The number of halogens is 4. The minimum Gasteiger partial charge on any atom is -0.469 e. The van der Waals surface area contributed by atoms with E-state index in [1.807, 2.05) is 30.3 Å². The summed E-state index contributed by atoms with van der Waals surface area (Å²) in [6.45, 7) is 3.44. The van der Waals surface area contributed by atoms with E-state index in [-0.39, 0.29) is 6.61 Å². The van der Waals surface area contributed by atoms with E-state index in [9.17, 15) is 18.0 Å². The summed E-state index contributed by atoms with van der Waals surface area (Å²) in [5.74, 6) is -1.06. The molecule has 1 fully saturated rings. The molecule has 7 heteroatoms. The van der Waals surface area contributed by atoms with E-state index in [1.165, 1.54) is 6.26 Å². The fraction of sp³-hybridized carbons (Fsp3) is 0.381. The highest BCUT2D eigenvalue weighted by Crippen LogP contribution is 2.60. The second kappa shape index (κ2) is 7.66. The van der Waals surface area contributed by atoms with Crippen LogP contribution in [0, 0.1) is 17.3 Å². The van der Waals surface area contributed by atoms with Crippen molar-refractivity contribution in [2.75, 3.05) is 0 Å². The fourth-order valence-electron chi connectivity index (χ4n) is 3.33. The van der Waals surface area contributed by atoms with Crippen molar-refractivity contribution in [1.29, 1.82) is 0 Å². The molecule has 0 aliphatic heterocycles. The van der Waals surface area contributed by atoms with Crippen LogP contribution in [-0.2, 0) is 22.6 Å². The average molecular weight is 413 g/mol. The van der Waals surface area contributed by atoms with Crippen LogP contribution in [0.25, 0.3) is 0 Å². The average Bonchev–Trinajstić information content (AvgIpc) is 2.94. The van der Waals surface area contributed by atoms with E-state index in [4.69, 9.17) is 20.8 Å². The van der Waals surface area contributed by atoms with Crippen LogP contribution in [0.4, 0.5) is 13.2 Å². The summed E-state index contributed by atoms with van der Waals surface area (Å²) in [5.41, 5.74) is 1.16. The Labute approximate surface area is 166 Å². The molecule has 2 atom stereocenters. The molecule has 2 aromatic rings. The molecule has 150 valence electrons. The normalized spacial score (nSPS) is 21.4. The third-order valence-electron chi connectivity index (χ3n) is 5.07. The Hall–Kier alpha value is -2.21. The molecule has 0 amide bonds. The van der Waals surface area contributed by atoms with Crippen molar-refractivity contribution in [2.24, 2.45) is 17.3 Å². The summed E-state index contributed by atoms with van der Waals surface area (Å²) in [7, 11) is 0. The minimum absolute atomic E-state index is 0.00708. The van der Waals surface area contributed by atoms with Crippen LogP contribution in [0.2, 0.25) is 0 Å². The third-order valence-corrected chi connectivity index (χ3v) is 5.41. The molecule has 0 radical (unpaired) electrons. The van der Waals surface area contributed by atoms with Crippen molar-refractivity contribution in [3.63, 3.8) is 0 Å². The van der Waals surface area contributed by atoms with Crippen molar-refractivity contribution >= 4 is 17.6 Å². The predicted molar refractivity (Wildman–Crippen MR) is 98.5 cm³/mol. The van der Waals surface area contributed by atoms with Crippen molar-refractivity contribution in [3.05, 3.63) is 70.7 Å². The van der Waals surface area contributed by atoms with Gasteiger partial charge in [0.05, 0.1) is 12.2 Å². The van der Waals surface area contributed by atoms with Crippen LogP contribution in [-0.4, -0.2) is 12.1 Å². The van der Waals surface area contributed by atoms with Crippen molar-refractivity contribution in [1.82, 2.24) is 0 Å². The molecule has 0 bridgehead atoms. The summed E-state index contributed by atoms with van der Waals surface area (Å²) in [6.07, 6.45) is -1.57. The van der Waals surface area contributed by atoms with Gasteiger partial charge in [0.2, 0.25) is 0 Å². The Morgan fingerprint density at radius 2 is 1.93 bits per heavy atom. The number of carbonyl (C=O) groups is 1. The van der Waals surface area contributed by atoms with Gasteiger partial charge >= 0.3 is 12.1 Å². The number of hydrogen-bond donors (Lipinski definition) is 0. The number of ether oxygens (including phenoxy) is 1. The summed E-state index contributed by atoms with van der Waals surface area (Å²) in [5, 5.41) is -1.21. The summed E-state index contributed by atoms with van der Waals surface area (Å²) >= 11 is 5.30. The van der Waals surface area contributed by atoms with E-state index in [2.05, 4.69) is 0 Å². The maximum Gasteiger partial charge on any atom is 0.426 e. The number of benzene rings is 1. The highest BCUT2D eigenvalue weighted by atomic mass is 35.5. The van der Waals surface area contributed by atoms with Crippen LogP contribution in [0.1, 0.15) is 30.7 Å². The van der Waals surface area contributed by atoms with Crippen molar-refractivity contribution < 1.29 is 27.1 Å². The van der Waals surface area contributed by atoms with Gasteiger partial charge in [0.25, 0.3) is 0 Å². The zero-order valence-electron chi connectivity index (χ0n) is 15.4. The molecule has 1 saturated carbocycles. The molecule has 0 spiro atoms. The lowest BCUT2D eigenvalue weighted by Gasteiger charge is -2.04. The predicted octanol–water partition coefficient (Wildman–Crippen LogP) is 5.87. The SMILES string of the molecule is CC1(C)[C@H](C(=O)OCc2coc(Cc3ccccc3)c2)[C@@H]1C=C(Cl)C(F)(F)F. The first-order valence-corrected chi connectivity index (χ1v) is 9.18. The molecule has 1 heterocycles. The molecule has 0 unspecified atom stereocenters. The van der Waals surface area contributed by atoms with Gasteiger partial charge < -0.3 is 9.15 Å². The van der Waals surface area contributed by atoms with E-state index in [0.29, 0.717) is 12.0 Å². The van der Waals surface area contributed by atoms with Gasteiger partial charge in [-0.1, -0.05) is 61.9 Å². The Morgan fingerprint density at radius 1 is 1.25 bits per heavy atom. The first-order chi connectivity index (χ1) is 13.1. The molecule has 3 rings (SSSR count). The molecule has 0 saturated heterocycles. The minimum atomic E-state index is -4.61. The monoisotopic (exact) mass is 412 g/mol. The topological polar surface area (TPSA) is 39.4 Å². The largest absolute Gasteiger partial charge is 0.469 e. The van der Waals surface area contributed by atoms with E-state index in [1.54, 1.807) is 19.9 Å². The Bertz CT molecular complexity index is 869. The lowest BCUT2D eigenvalue weighted by molar-refractivity contribution is -0.147. The Kier molecular flexibility index (Phi) is 5.62. The quantitative estimate of drug-likeness (QED) is 0.557. The first kappa shape index (κ1) is 20.5. The highest BCUT2D eigenvalue weighted by molar-refractivity contribution is 6.30. The first-order valence-electron chi connectivity index (χ1n) is 8.80. The highest BCUT2D eigenvalue weighted by Gasteiger charge is 2.62. The van der Waals surface area contributed by atoms with E-state index < -0.39 is 34.4 Å². The van der Waals surface area contributed by atoms with Gasteiger partial charge in [0.15, 0.2) is 0 Å².